The normalized spacial score (nSPS) is 10.6. The average molecular weight is 735 g/mol. The maximum Gasteiger partial charge on any atom is 0.0914 e. The topological polar surface area (TPSA) is 38.9 Å². The summed E-state index contributed by atoms with van der Waals surface area (Å²) in [5.41, 5.74) is 9.27. The summed E-state index contributed by atoms with van der Waals surface area (Å²) in [6.45, 7) is 4.40. The quantitative estimate of drug-likeness (QED) is 0.165. The number of hydrogen-bond donors (Lipinski definition) is 0. The van der Waals surface area contributed by atoms with Gasteiger partial charge in [-0.15, -0.1) is 48.0 Å². The Kier molecular flexibility index (Phi) is 9.73. The molecular formula is C39H30IrN2O-2. The molecule has 0 aliphatic heterocycles. The Morgan fingerprint density at radius 3 is 2.00 bits per heavy atom. The number of fused-ring (bicyclic) bond motifs is 1. The molecule has 0 aliphatic rings. The minimum Gasteiger partial charge on any atom is -0.499 e. The molecule has 3 aromatic heterocycles. The molecule has 0 amide bonds. The van der Waals surface area contributed by atoms with Crippen molar-refractivity contribution in [3.05, 3.63) is 157 Å². The van der Waals surface area contributed by atoms with Gasteiger partial charge in [-0.05, 0) is 40.4 Å². The molecule has 0 N–H and O–H groups in total. The van der Waals surface area contributed by atoms with Crippen molar-refractivity contribution in [2.24, 2.45) is 0 Å². The van der Waals surface area contributed by atoms with Gasteiger partial charge in [-0.25, -0.2) is 0 Å². The van der Waals surface area contributed by atoms with E-state index in [9.17, 15) is 0 Å². The first kappa shape index (κ1) is 29.8. The molecule has 3 nitrogen and oxygen atoms in total. The second kappa shape index (κ2) is 14.0. The second-order valence-electron chi connectivity index (χ2n) is 10.3. The van der Waals surface area contributed by atoms with Crippen LogP contribution in [-0.4, -0.2) is 9.97 Å². The Labute approximate surface area is 266 Å². The molecule has 0 saturated carbocycles. The molecule has 3 heterocycles. The van der Waals surface area contributed by atoms with Crippen molar-refractivity contribution < 1.29 is 24.5 Å². The number of furan rings is 1. The summed E-state index contributed by atoms with van der Waals surface area (Å²) in [5, 5.41) is 0.960. The molecule has 0 atom stereocenters. The van der Waals surface area contributed by atoms with E-state index in [1.807, 2.05) is 72.9 Å². The molecule has 4 heteroatoms. The van der Waals surface area contributed by atoms with Crippen LogP contribution in [0.5, 0.6) is 0 Å². The van der Waals surface area contributed by atoms with Crippen LogP contribution in [0.2, 0.25) is 0 Å². The zero-order valence-electron chi connectivity index (χ0n) is 24.0. The molecule has 0 bridgehead atoms. The average Bonchev–Trinajstić information content (AvgIpc) is 3.51. The molecule has 0 saturated heterocycles. The fourth-order valence-electron chi connectivity index (χ4n) is 4.82. The standard InChI is InChI=1S/C28H22NO.C11H8N.Ir/c1-19(2)22-13-14-29-26(17-22)23-15-24-18-27(21-11-7-4-8-12-21)30-28(24)25(16-23)20-9-5-3-6-10-20;1-2-6-10(7-3-1)11-8-4-5-9-12-11;/h3-14,16-19H,1-2H3;1-6,8-9H;/q2*-1;. The van der Waals surface area contributed by atoms with Crippen molar-refractivity contribution in [1.82, 2.24) is 9.97 Å². The summed E-state index contributed by atoms with van der Waals surface area (Å²) in [4.78, 5) is 8.85. The van der Waals surface area contributed by atoms with Crippen LogP contribution in [-0.2, 0) is 20.1 Å². The van der Waals surface area contributed by atoms with E-state index in [4.69, 9.17) is 4.42 Å². The third-order valence-electron chi connectivity index (χ3n) is 7.05. The number of nitrogens with zero attached hydrogens (tertiary/aromatic N) is 2. The van der Waals surface area contributed by atoms with Crippen LogP contribution < -0.4 is 0 Å². The first-order chi connectivity index (χ1) is 20.7. The molecule has 4 aromatic carbocycles. The Morgan fingerprint density at radius 2 is 1.33 bits per heavy atom. The Hall–Kier alpha value is -4.63. The zero-order chi connectivity index (χ0) is 28.7. The second-order valence-corrected chi connectivity index (χ2v) is 10.3. The van der Waals surface area contributed by atoms with Crippen LogP contribution >= 0.6 is 0 Å². The molecule has 213 valence electrons. The van der Waals surface area contributed by atoms with E-state index in [0.29, 0.717) is 5.92 Å². The van der Waals surface area contributed by atoms with Gasteiger partial charge < -0.3 is 9.40 Å². The third kappa shape index (κ3) is 7.06. The van der Waals surface area contributed by atoms with E-state index in [-0.39, 0.29) is 20.1 Å². The van der Waals surface area contributed by atoms with Gasteiger partial charge >= 0.3 is 0 Å². The van der Waals surface area contributed by atoms with Crippen molar-refractivity contribution in [1.29, 1.82) is 0 Å². The predicted molar refractivity (Wildman–Crippen MR) is 172 cm³/mol. The van der Waals surface area contributed by atoms with E-state index >= 15 is 0 Å². The van der Waals surface area contributed by atoms with Crippen LogP contribution in [0.1, 0.15) is 25.3 Å². The van der Waals surface area contributed by atoms with Crippen LogP contribution in [0.15, 0.2) is 144 Å². The summed E-state index contributed by atoms with van der Waals surface area (Å²) in [5.74, 6) is 1.29. The molecule has 0 fully saturated rings. The molecular weight excluding hydrogens is 705 g/mol. The van der Waals surface area contributed by atoms with Gasteiger partial charge in [0.1, 0.15) is 0 Å². The van der Waals surface area contributed by atoms with E-state index < -0.39 is 0 Å². The predicted octanol–water partition coefficient (Wildman–Crippen LogP) is 10.3. The Balaban J connectivity index is 0.000000238. The van der Waals surface area contributed by atoms with Gasteiger partial charge in [0.2, 0.25) is 0 Å². The SMILES string of the molecule is CC(C)c1ccnc(-c2[c-]c3cc(-c4ccccc4)oc3c(-c3ccccc3)c2)c1.[Ir].[c-]1ccccc1-c1ccccn1. The van der Waals surface area contributed by atoms with E-state index in [2.05, 4.69) is 96.6 Å². The fraction of sp³-hybridized carbons (Fsp3) is 0.0769. The van der Waals surface area contributed by atoms with Gasteiger partial charge in [0.15, 0.2) is 0 Å². The monoisotopic (exact) mass is 735 g/mol. The molecule has 7 aromatic rings. The largest absolute Gasteiger partial charge is 0.499 e. The Morgan fingerprint density at radius 1 is 0.628 bits per heavy atom. The van der Waals surface area contributed by atoms with E-state index in [0.717, 1.165) is 55.9 Å². The third-order valence-corrected chi connectivity index (χ3v) is 7.05. The number of pyridine rings is 2. The molecule has 1 radical (unpaired) electrons. The van der Waals surface area contributed by atoms with Crippen molar-refractivity contribution >= 4 is 11.0 Å². The summed E-state index contributed by atoms with van der Waals surface area (Å²) in [6, 6.07) is 49.4. The van der Waals surface area contributed by atoms with E-state index in [1.54, 1.807) is 6.20 Å². The van der Waals surface area contributed by atoms with Gasteiger partial charge in [0.25, 0.3) is 0 Å². The van der Waals surface area contributed by atoms with Gasteiger partial charge in [-0.2, -0.15) is 0 Å². The van der Waals surface area contributed by atoms with Crippen molar-refractivity contribution in [2.75, 3.05) is 0 Å². The zero-order valence-corrected chi connectivity index (χ0v) is 26.4. The summed E-state index contributed by atoms with van der Waals surface area (Å²) in [6.07, 6.45) is 3.67. The van der Waals surface area contributed by atoms with Gasteiger partial charge in [0, 0.05) is 43.8 Å². The smallest absolute Gasteiger partial charge is 0.0914 e. The van der Waals surface area contributed by atoms with Crippen LogP contribution in [0.25, 0.3) is 55.9 Å². The minimum absolute atomic E-state index is 0. The van der Waals surface area contributed by atoms with Crippen molar-refractivity contribution in [2.45, 2.75) is 19.8 Å². The van der Waals surface area contributed by atoms with Crippen molar-refractivity contribution in [3.63, 3.8) is 0 Å². The number of hydrogen-bond acceptors (Lipinski definition) is 3. The van der Waals surface area contributed by atoms with Gasteiger partial charge in [-0.3, -0.25) is 4.98 Å². The number of benzene rings is 4. The Bertz CT molecular complexity index is 1850. The van der Waals surface area contributed by atoms with Crippen LogP contribution in [0, 0.1) is 12.1 Å². The summed E-state index contributed by atoms with van der Waals surface area (Å²) in [7, 11) is 0. The number of aromatic nitrogens is 2. The molecule has 7 rings (SSSR count). The maximum atomic E-state index is 6.34. The summed E-state index contributed by atoms with van der Waals surface area (Å²) >= 11 is 0. The molecule has 0 aliphatic carbocycles. The first-order valence-corrected chi connectivity index (χ1v) is 14.1. The van der Waals surface area contributed by atoms with Crippen LogP contribution in [0.3, 0.4) is 0 Å². The molecule has 0 spiro atoms. The molecule has 43 heavy (non-hydrogen) atoms. The minimum atomic E-state index is 0. The van der Waals surface area contributed by atoms with Crippen LogP contribution in [0.4, 0.5) is 0 Å². The van der Waals surface area contributed by atoms with Gasteiger partial charge in [0.05, 0.1) is 11.3 Å². The van der Waals surface area contributed by atoms with E-state index in [1.165, 1.54) is 5.56 Å². The van der Waals surface area contributed by atoms with Crippen molar-refractivity contribution in [3.8, 4) is 45.0 Å². The maximum absolute atomic E-state index is 6.34. The first-order valence-electron chi connectivity index (χ1n) is 14.1. The molecule has 0 unspecified atom stereocenters. The van der Waals surface area contributed by atoms with Gasteiger partial charge in [-0.1, -0.05) is 110 Å². The number of rotatable bonds is 5. The fourth-order valence-corrected chi connectivity index (χ4v) is 4.82. The summed E-state index contributed by atoms with van der Waals surface area (Å²) < 4.78 is 6.34.